The molecule has 0 spiro atoms. The zero-order chi connectivity index (χ0) is 14.7. The van der Waals surface area contributed by atoms with Crippen molar-refractivity contribution in [2.45, 2.75) is 18.9 Å². The van der Waals surface area contributed by atoms with E-state index >= 15 is 0 Å². The van der Waals surface area contributed by atoms with Crippen LogP contribution in [0.3, 0.4) is 0 Å². The summed E-state index contributed by atoms with van der Waals surface area (Å²) >= 11 is 0. The minimum absolute atomic E-state index is 0.0947. The number of benzene rings is 1. The lowest BCUT2D eigenvalue weighted by atomic mass is 10.1. The quantitative estimate of drug-likeness (QED) is 0.875. The lowest BCUT2D eigenvalue weighted by molar-refractivity contribution is -0.910. The van der Waals surface area contributed by atoms with E-state index in [4.69, 9.17) is 0 Å². The molecule has 0 radical (unpaired) electrons. The first-order valence-electron chi connectivity index (χ1n) is 7.55. The van der Waals surface area contributed by atoms with E-state index in [0.717, 1.165) is 18.7 Å². The van der Waals surface area contributed by atoms with Crippen molar-refractivity contribution in [1.82, 2.24) is 4.57 Å². The highest BCUT2D eigenvalue weighted by Crippen LogP contribution is 2.18. The number of hydrogen-bond acceptors (Lipinski definition) is 1. The molecule has 2 N–H and O–H groups in total. The van der Waals surface area contributed by atoms with Crippen molar-refractivity contribution in [3.63, 3.8) is 0 Å². The number of para-hydroxylation sites is 1. The summed E-state index contributed by atoms with van der Waals surface area (Å²) in [4.78, 5) is 13.6. The van der Waals surface area contributed by atoms with E-state index in [-0.39, 0.29) is 5.91 Å². The minimum Gasteiger partial charge on any atom is -0.350 e. The zero-order valence-electron chi connectivity index (χ0n) is 12.4. The van der Waals surface area contributed by atoms with E-state index in [1.54, 1.807) is 0 Å². The van der Waals surface area contributed by atoms with Crippen molar-refractivity contribution in [1.29, 1.82) is 0 Å². The first-order chi connectivity index (χ1) is 10.2. The predicted octanol–water partition coefficient (Wildman–Crippen LogP) is 1.38. The molecule has 3 rings (SSSR count). The van der Waals surface area contributed by atoms with Crippen molar-refractivity contribution < 1.29 is 9.69 Å². The van der Waals surface area contributed by atoms with E-state index in [9.17, 15) is 4.79 Å². The summed E-state index contributed by atoms with van der Waals surface area (Å²) in [6, 6.07) is 14.4. The molecule has 4 nitrogen and oxygen atoms in total. The number of likely N-dealkylation sites (tertiary alicyclic amines) is 1. The number of rotatable bonds is 4. The lowest BCUT2D eigenvalue weighted by Gasteiger charge is -2.21. The molecule has 1 unspecified atom stereocenters. The van der Waals surface area contributed by atoms with Gasteiger partial charge in [-0.1, -0.05) is 18.2 Å². The highest BCUT2D eigenvalue weighted by Gasteiger charge is 2.32. The largest absolute Gasteiger partial charge is 0.350 e. The van der Waals surface area contributed by atoms with Crippen LogP contribution in [0.2, 0.25) is 0 Å². The third-order valence-electron chi connectivity index (χ3n) is 4.27. The summed E-state index contributed by atoms with van der Waals surface area (Å²) in [5.41, 5.74) is 2.20. The fourth-order valence-corrected chi connectivity index (χ4v) is 3.25. The molecule has 1 saturated heterocycles. The summed E-state index contributed by atoms with van der Waals surface area (Å²) in [6.07, 6.45) is 4.42. The van der Waals surface area contributed by atoms with Crippen LogP contribution in [-0.4, -0.2) is 23.6 Å². The first kappa shape index (κ1) is 13.9. The SMILES string of the molecule is Cn1cccc1[C@H]1CCC[NH+]1CC(=O)Nc1ccccc1. The number of amides is 1. The monoisotopic (exact) mass is 284 g/mol. The van der Waals surface area contributed by atoms with Crippen molar-refractivity contribution in [3.05, 3.63) is 54.4 Å². The second kappa shape index (κ2) is 6.14. The Kier molecular flexibility index (Phi) is 4.06. The van der Waals surface area contributed by atoms with Crippen LogP contribution in [0.5, 0.6) is 0 Å². The summed E-state index contributed by atoms with van der Waals surface area (Å²) in [6.45, 7) is 1.60. The highest BCUT2D eigenvalue weighted by atomic mass is 16.2. The third-order valence-corrected chi connectivity index (χ3v) is 4.27. The number of anilines is 1. The van der Waals surface area contributed by atoms with Crippen LogP contribution >= 0.6 is 0 Å². The standard InChI is InChI=1S/C17H21N3O/c1-19-11-5-9-15(19)16-10-6-12-20(16)13-17(21)18-14-7-3-2-4-8-14/h2-5,7-9,11,16H,6,10,12-13H2,1H3,(H,18,21)/p+1/t16-/m1/s1. The molecule has 0 bridgehead atoms. The molecular weight excluding hydrogens is 262 g/mol. The van der Waals surface area contributed by atoms with Crippen LogP contribution in [-0.2, 0) is 11.8 Å². The highest BCUT2D eigenvalue weighted by molar-refractivity contribution is 5.91. The Morgan fingerprint density at radius 2 is 2.10 bits per heavy atom. The fraction of sp³-hybridized carbons (Fsp3) is 0.353. The van der Waals surface area contributed by atoms with Crippen LogP contribution in [0.4, 0.5) is 5.69 Å². The molecule has 0 aliphatic carbocycles. The van der Waals surface area contributed by atoms with Gasteiger partial charge in [0, 0.05) is 31.8 Å². The van der Waals surface area contributed by atoms with Gasteiger partial charge in [-0.3, -0.25) is 4.79 Å². The average Bonchev–Trinajstić information content (AvgIpc) is 3.08. The number of hydrogen-bond donors (Lipinski definition) is 2. The Hall–Kier alpha value is -2.07. The number of aryl methyl sites for hydroxylation is 1. The van der Waals surface area contributed by atoms with Crippen molar-refractivity contribution in [2.75, 3.05) is 18.4 Å². The maximum Gasteiger partial charge on any atom is 0.279 e. The van der Waals surface area contributed by atoms with Crippen molar-refractivity contribution >= 4 is 11.6 Å². The van der Waals surface area contributed by atoms with Gasteiger partial charge in [0.15, 0.2) is 6.54 Å². The molecule has 0 saturated carbocycles. The first-order valence-corrected chi connectivity index (χ1v) is 7.55. The number of nitrogens with one attached hydrogen (secondary N) is 2. The maximum atomic E-state index is 12.2. The molecule has 2 heterocycles. The van der Waals surface area contributed by atoms with Gasteiger partial charge in [-0.05, 0) is 24.3 Å². The predicted molar refractivity (Wildman–Crippen MR) is 83.2 cm³/mol. The molecule has 110 valence electrons. The number of carbonyl (C=O) groups is 1. The molecule has 21 heavy (non-hydrogen) atoms. The van der Waals surface area contributed by atoms with Crippen molar-refractivity contribution in [3.8, 4) is 0 Å². The van der Waals surface area contributed by atoms with Gasteiger partial charge in [-0.15, -0.1) is 0 Å². The Labute approximate surface area is 125 Å². The smallest absolute Gasteiger partial charge is 0.279 e. The van der Waals surface area contributed by atoms with Gasteiger partial charge in [0.25, 0.3) is 5.91 Å². The fourth-order valence-electron chi connectivity index (χ4n) is 3.25. The van der Waals surface area contributed by atoms with Gasteiger partial charge in [0.05, 0.1) is 12.2 Å². The second-order valence-electron chi connectivity index (χ2n) is 5.74. The van der Waals surface area contributed by atoms with Gasteiger partial charge in [0.2, 0.25) is 0 Å². The minimum atomic E-state index is 0.0947. The Morgan fingerprint density at radius 1 is 1.29 bits per heavy atom. The van der Waals surface area contributed by atoms with E-state index in [1.807, 2.05) is 30.3 Å². The summed E-state index contributed by atoms with van der Waals surface area (Å²) < 4.78 is 2.17. The van der Waals surface area contributed by atoms with Crippen LogP contribution in [0.25, 0.3) is 0 Å². The average molecular weight is 284 g/mol. The maximum absolute atomic E-state index is 12.2. The summed E-state index contributed by atoms with van der Waals surface area (Å²) in [5, 5.41) is 2.98. The molecule has 1 fully saturated rings. The van der Waals surface area contributed by atoms with Crippen molar-refractivity contribution in [2.24, 2.45) is 7.05 Å². The number of aromatic nitrogens is 1. The van der Waals surface area contributed by atoms with Gasteiger partial charge >= 0.3 is 0 Å². The number of carbonyl (C=O) groups excluding carboxylic acids is 1. The Morgan fingerprint density at radius 3 is 2.81 bits per heavy atom. The van der Waals surface area contributed by atoms with Crippen LogP contribution in [0, 0.1) is 0 Å². The summed E-state index contributed by atoms with van der Waals surface area (Å²) in [5.74, 6) is 0.0947. The van der Waals surface area contributed by atoms with E-state index < -0.39 is 0 Å². The molecule has 1 aliphatic rings. The lowest BCUT2D eigenvalue weighted by Crippen LogP contribution is -3.11. The van der Waals surface area contributed by atoms with Gasteiger partial charge in [0.1, 0.15) is 6.04 Å². The van der Waals surface area contributed by atoms with Gasteiger partial charge < -0.3 is 14.8 Å². The molecule has 1 aliphatic heterocycles. The second-order valence-corrected chi connectivity index (χ2v) is 5.74. The Bertz CT molecular complexity index is 606. The van der Waals surface area contributed by atoms with Gasteiger partial charge in [-0.2, -0.15) is 0 Å². The molecule has 4 heteroatoms. The normalized spacial score (nSPS) is 21.4. The molecule has 2 aromatic rings. The molecule has 2 atom stereocenters. The summed E-state index contributed by atoms with van der Waals surface area (Å²) in [7, 11) is 2.08. The molecule has 1 aromatic heterocycles. The Balaban J connectivity index is 1.64. The molecule has 1 aromatic carbocycles. The third kappa shape index (κ3) is 3.16. The van der Waals surface area contributed by atoms with Gasteiger partial charge in [-0.25, -0.2) is 0 Å². The van der Waals surface area contributed by atoms with E-state index in [0.29, 0.717) is 12.6 Å². The molecule has 1 amide bonds. The van der Waals surface area contributed by atoms with Crippen LogP contribution in [0.1, 0.15) is 24.6 Å². The number of quaternary nitrogens is 1. The van der Waals surface area contributed by atoms with E-state index in [1.165, 1.54) is 17.0 Å². The van der Waals surface area contributed by atoms with Crippen LogP contribution in [0.15, 0.2) is 48.7 Å². The number of nitrogens with zero attached hydrogens (tertiary/aromatic N) is 1. The van der Waals surface area contributed by atoms with Crippen LogP contribution < -0.4 is 10.2 Å². The zero-order valence-corrected chi connectivity index (χ0v) is 12.4. The topological polar surface area (TPSA) is 38.5 Å². The molecular formula is C17H22N3O+. The van der Waals surface area contributed by atoms with E-state index in [2.05, 4.69) is 35.3 Å².